The summed E-state index contributed by atoms with van der Waals surface area (Å²) in [5.41, 5.74) is 2.41. The number of amides is 1. The summed E-state index contributed by atoms with van der Waals surface area (Å²) >= 11 is 0. The van der Waals surface area contributed by atoms with Crippen molar-refractivity contribution in [3.63, 3.8) is 0 Å². The highest BCUT2D eigenvalue weighted by Crippen LogP contribution is 2.35. The molecule has 1 amide bonds. The molecule has 25 heavy (non-hydrogen) atoms. The third-order valence-corrected chi connectivity index (χ3v) is 3.86. The third kappa shape index (κ3) is 4.67. The number of fused-ring (bicyclic) bond motifs is 1. The van der Waals surface area contributed by atoms with E-state index in [0.29, 0.717) is 25.3 Å². The molecule has 2 heterocycles. The summed E-state index contributed by atoms with van der Waals surface area (Å²) in [4.78, 5) is 15.4. The molecule has 3 N–H and O–H groups in total. The molecule has 6 nitrogen and oxygen atoms in total. The van der Waals surface area contributed by atoms with Gasteiger partial charge in [0.15, 0.2) is 11.5 Å². The smallest absolute Gasteiger partial charge is 0.253 e. The average molecular weight is 366 g/mol. The van der Waals surface area contributed by atoms with Crippen LogP contribution in [0.1, 0.15) is 23.7 Å². The minimum absolute atomic E-state index is 0. The van der Waals surface area contributed by atoms with Crippen LogP contribution in [0.2, 0.25) is 0 Å². The van der Waals surface area contributed by atoms with Crippen LogP contribution in [0.5, 0.6) is 11.5 Å². The molecule has 0 saturated carbocycles. The summed E-state index contributed by atoms with van der Waals surface area (Å²) in [5, 5.41) is 6.20. The number of ether oxygens (including phenoxy) is 2. The number of carbonyl (C=O) groups is 1. The van der Waals surface area contributed by atoms with E-state index in [1.807, 2.05) is 24.4 Å². The number of aromatic nitrogens is 1. The van der Waals surface area contributed by atoms with Crippen LogP contribution in [0.25, 0.3) is 11.1 Å². The zero-order valence-electron chi connectivity index (χ0n) is 14.3. The zero-order chi connectivity index (χ0) is 16.8. The first kappa shape index (κ1) is 19.1. The number of hydrogen-bond acceptors (Lipinski definition) is 4. The van der Waals surface area contributed by atoms with E-state index in [1.165, 1.54) is 0 Å². The number of nitrogens with one attached hydrogen (secondary N) is 3. The van der Waals surface area contributed by atoms with Crippen molar-refractivity contribution in [2.45, 2.75) is 13.3 Å². The molecule has 0 bridgehead atoms. The molecule has 0 spiro atoms. The van der Waals surface area contributed by atoms with Gasteiger partial charge in [0.25, 0.3) is 5.91 Å². The van der Waals surface area contributed by atoms with E-state index in [4.69, 9.17) is 9.47 Å². The fourth-order valence-electron chi connectivity index (χ4n) is 2.66. The first-order valence-corrected chi connectivity index (χ1v) is 8.35. The number of rotatable bonds is 7. The van der Waals surface area contributed by atoms with Crippen LogP contribution in [0.3, 0.4) is 0 Å². The van der Waals surface area contributed by atoms with Gasteiger partial charge in [-0.05, 0) is 30.7 Å². The fraction of sp³-hybridized carbons (Fsp3) is 0.389. The Balaban J connectivity index is 0.00000225. The van der Waals surface area contributed by atoms with Crippen molar-refractivity contribution in [3.05, 3.63) is 36.2 Å². The van der Waals surface area contributed by atoms with Crippen molar-refractivity contribution in [2.24, 2.45) is 0 Å². The van der Waals surface area contributed by atoms with Crippen LogP contribution in [-0.2, 0) is 0 Å². The summed E-state index contributed by atoms with van der Waals surface area (Å²) in [6, 6.07) is 5.74. The Kier molecular flexibility index (Phi) is 7.16. The van der Waals surface area contributed by atoms with Gasteiger partial charge in [0.2, 0.25) is 0 Å². The lowest BCUT2D eigenvalue weighted by atomic mass is 10.0. The number of carbonyl (C=O) groups excluding carboxylic acids is 1. The van der Waals surface area contributed by atoms with Gasteiger partial charge in [-0.1, -0.05) is 13.0 Å². The molecule has 1 aromatic carbocycles. The minimum Gasteiger partial charge on any atom is -0.486 e. The Morgan fingerprint density at radius 3 is 2.72 bits per heavy atom. The van der Waals surface area contributed by atoms with Crippen molar-refractivity contribution < 1.29 is 14.3 Å². The number of benzene rings is 1. The normalized spacial score (nSPS) is 12.4. The van der Waals surface area contributed by atoms with E-state index >= 15 is 0 Å². The van der Waals surface area contributed by atoms with Gasteiger partial charge in [-0.3, -0.25) is 4.79 Å². The molecular weight excluding hydrogens is 342 g/mol. The van der Waals surface area contributed by atoms with Crippen LogP contribution < -0.4 is 20.1 Å². The standard InChI is InChI=1S/C18H23N3O3.ClH/c1-2-5-19-6-7-21-18(22)15-12-20-11-14(15)13-3-4-16-17(10-13)24-9-8-23-16;/h3-4,10-12,19-20H,2,5-9H2,1H3,(H,21,22);1H. The Bertz CT molecular complexity index is 703. The average Bonchev–Trinajstić information content (AvgIpc) is 3.11. The van der Waals surface area contributed by atoms with Gasteiger partial charge in [0.1, 0.15) is 13.2 Å². The van der Waals surface area contributed by atoms with Crippen molar-refractivity contribution in [3.8, 4) is 22.6 Å². The molecule has 1 aliphatic rings. The van der Waals surface area contributed by atoms with Gasteiger partial charge in [0, 0.05) is 31.0 Å². The van der Waals surface area contributed by atoms with Crippen LogP contribution >= 0.6 is 12.4 Å². The molecule has 1 aliphatic heterocycles. The molecule has 0 saturated heterocycles. The van der Waals surface area contributed by atoms with Gasteiger partial charge in [-0.15, -0.1) is 12.4 Å². The second-order valence-electron chi connectivity index (χ2n) is 5.65. The number of aromatic amines is 1. The molecule has 0 unspecified atom stereocenters. The maximum Gasteiger partial charge on any atom is 0.253 e. The number of H-pyrrole nitrogens is 1. The topological polar surface area (TPSA) is 75.4 Å². The molecule has 136 valence electrons. The molecule has 0 radical (unpaired) electrons. The van der Waals surface area contributed by atoms with E-state index in [9.17, 15) is 4.79 Å². The molecule has 0 aliphatic carbocycles. The molecule has 3 rings (SSSR count). The summed E-state index contributed by atoms with van der Waals surface area (Å²) in [6.45, 7) is 5.55. The van der Waals surface area contributed by atoms with E-state index in [1.54, 1.807) is 6.20 Å². The third-order valence-electron chi connectivity index (χ3n) is 3.86. The highest BCUT2D eigenvalue weighted by atomic mass is 35.5. The SMILES string of the molecule is CCCNCCNC(=O)c1c[nH]cc1-c1ccc2c(c1)OCCO2.Cl. The van der Waals surface area contributed by atoms with Crippen LogP contribution in [0.15, 0.2) is 30.6 Å². The first-order chi connectivity index (χ1) is 11.8. The minimum atomic E-state index is -0.0839. The largest absolute Gasteiger partial charge is 0.486 e. The van der Waals surface area contributed by atoms with Gasteiger partial charge in [0.05, 0.1) is 5.56 Å². The Hall–Kier alpha value is -2.18. The van der Waals surface area contributed by atoms with Gasteiger partial charge >= 0.3 is 0 Å². The van der Waals surface area contributed by atoms with E-state index < -0.39 is 0 Å². The van der Waals surface area contributed by atoms with Crippen molar-refractivity contribution in [1.82, 2.24) is 15.6 Å². The molecule has 7 heteroatoms. The fourth-order valence-corrected chi connectivity index (χ4v) is 2.66. The Morgan fingerprint density at radius 2 is 1.92 bits per heavy atom. The number of halogens is 1. The Labute approximate surface area is 153 Å². The summed E-state index contributed by atoms with van der Waals surface area (Å²) in [7, 11) is 0. The molecule has 1 aromatic heterocycles. The van der Waals surface area contributed by atoms with Crippen LogP contribution in [0, 0.1) is 0 Å². The highest BCUT2D eigenvalue weighted by molar-refractivity contribution is 6.00. The lowest BCUT2D eigenvalue weighted by Crippen LogP contribution is -2.32. The monoisotopic (exact) mass is 365 g/mol. The molecular formula is C18H24ClN3O3. The van der Waals surface area contributed by atoms with Crippen molar-refractivity contribution >= 4 is 18.3 Å². The number of hydrogen-bond donors (Lipinski definition) is 3. The second kappa shape index (κ2) is 9.34. The predicted octanol–water partition coefficient (Wildman–Crippen LogP) is 2.60. The maximum atomic E-state index is 12.4. The molecule has 2 aromatic rings. The predicted molar refractivity (Wildman–Crippen MR) is 100.0 cm³/mol. The van der Waals surface area contributed by atoms with E-state index in [0.717, 1.165) is 42.1 Å². The summed E-state index contributed by atoms with van der Waals surface area (Å²) < 4.78 is 11.2. The van der Waals surface area contributed by atoms with E-state index in [2.05, 4.69) is 22.5 Å². The Morgan fingerprint density at radius 1 is 1.12 bits per heavy atom. The van der Waals surface area contributed by atoms with Crippen molar-refractivity contribution in [1.29, 1.82) is 0 Å². The van der Waals surface area contributed by atoms with Crippen molar-refractivity contribution in [2.75, 3.05) is 32.8 Å². The maximum absolute atomic E-state index is 12.4. The molecule has 0 atom stereocenters. The zero-order valence-corrected chi connectivity index (χ0v) is 15.1. The first-order valence-electron chi connectivity index (χ1n) is 8.35. The van der Waals surface area contributed by atoms with Gasteiger partial charge < -0.3 is 25.1 Å². The van der Waals surface area contributed by atoms with E-state index in [-0.39, 0.29) is 18.3 Å². The summed E-state index contributed by atoms with van der Waals surface area (Å²) in [6.07, 6.45) is 4.64. The molecule has 0 fully saturated rings. The summed E-state index contributed by atoms with van der Waals surface area (Å²) in [5.74, 6) is 1.38. The second-order valence-corrected chi connectivity index (χ2v) is 5.65. The van der Waals surface area contributed by atoms with Crippen LogP contribution in [0.4, 0.5) is 0 Å². The highest BCUT2D eigenvalue weighted by Gasteiger charge is 2.17. The lowest BCUT2D eigenvalue weighted by Gasteiger charge is -2.19. The quantitative estimate of drug-likeness (QED) is 0.659. The lowest BCUT2D eigenvalue weighted by molar-refractivity contribution is 0.0954. The van der Waals surface area contributed by atoms with Gasteiger partial charge in [-0.25, -0.2) is 0 Å². The van der Waals surface area contributed by atoms with Crippen LogP contribution in [-0.4, -0.2) is 43.7 Å². The van der Waals surface area contributed by atoms with Gasteiger partial charge in [-0.2, -0.15) is 0 Å².